The Kier molecular flexibility index (Phi) is 5.10. The highest BCUT2D eigenvalue weighted by Crippen LogP contribution is 2.09. The molecule has 3 N–H and O–H groups in total. The van der Waals surface area contributed by atoms with Gasteiger partial charge in [0.05, 0.1) is 6.54 Å². The molecule has 0 aromatic heterocycles. The van der Waals surface area contributed by atoms with Crippen LogP contribution in [0.4, 0.5) is 4.79 Å². The number of amides is 2. The molecule has 110 valence electrons. The van der Waals surface area contributed by atoms with Crippen molar-refractivity contribution in [1.82, 2.24) is 10.2 Å². The molecule has 1 aromatic carbocycles. The van der Waals surface area contributed by atoms with Crippen LogP contribution in [0.1, 0.15) is 18.1 Å². The fourth-order valence-corrected chi connectivity index (χ4v) is 1.57. The third-order valence-electron chi connectivity index (χ3n) is 3.06. The number of hydrogen-bond donors (Lipinski definition) is 3. The van der Waals surface area contributed by atoms with Gasteiger partial charge in [-0.3, -0.25) is 0 Å². The number of benzene rings is 1. The van der Waals surface area contributed by atoms with E-state index in [1.807, 2.05) is 31.2 Å². The molecule has 1 unspecified atom stereocenters. The zero-order valence-corrected chi connectivity index (χ0v) is 11.9. The molecule has 0 saturated heterocycles. The fourth-order valence-electron chi connectivity index (χ4n) is 1.57. The first kappa shape index (κ1) is 16.0. The molecule has 0 saturated carbocycles. The van der Waals surface area contributed by atoms with Crippen LogP contribution in [0.3, 0.4) is 0 Å². The summed E-state index contributed by atoms with van der Waals surface area (Å²) in [5.41, 5.74) is 0.110. The number of aliphatic hydroxyl groups is 1. The predicted octanol–water partition coefficient (Wildman–Crippen LogP) is 0.972. The van der Waals surface area contributed by atoms with E-state index >= 15 is 0 Å². The van der Waals surface area contributed by atoms with Gasteiger partial charge in [-0.05, 0) is 25.0 Å². The first-order valence-corrected chi connectivity index (χ1v) is 6.23. The Morgan fingerprint density at radius 3 is 2.50 bits per heavy atom. The summed E-state index contributed by atoms with van der Waals surface area (Å²) in [5.74, 6) is -1.38. The van der Waals surface area contributed by atoms with Gasteiger partial charge >= 0.3 is 12.0 Å². The van der Waals surface area contributed by atoms with Crippen molar-refractivity contribution in [2.24, 2.45) is 0 Å². The van der Waals surface area contributed by atoms with Crippen LogP contribution in [-0.2, 0) is 11.3 Å². The van der Waals surface area contributed by atoms with Crippen LogP contribution in [0.25, 0.3) is 0 Å². The number of rotatable bonds is 5. The van der Waals surface area contributed by atoms with Crippen molar-refractivity contribution < 1.29 is 19.8 Å². The normalized spacial score (nSPS) is 13.4. The zero-order valence-electron chi connectivity index (χ0n) is 11.9. The Bertz CT molecular complexity index is 500. The van der Waals surface area contributed by atoms with Gasteiger partial charge < -0.3 is 20.4 Å². The van der Waals surface area contributed by atoms with E-state index in [0.29, 0.717) is 6.54 Å². The van der Waals surface area contributed by atoms with Gasteiger partial charge in [-0.1, -0.05) is 24.3 Å². The van der Waals surface area contributed by atoms with E-state index in [1.54, 1.807) is 7.05 Å². The summed E-state index contributed by atoms with van der Waals surface area (Å²) in [4.78, 5) is 24.0. The molecule has 0 aliphatic rings. The van der Waals surface area contributed by atoms with Gasteiger partial charge in [0.1, 0.15) is 0 Å². The van der Waals surface area contributed by atoms with Crippen molar-refractivity contribution in [3.8, 4) is 0 Å². The molecule has 0 spiro atoms. The second-order valence-corrected chi connectivity index (χ2v) is 5.02. The van der Waals surface area contributed by atoms with E-state index in [4.69, 9.17) is 5.11 Å². The van der Waals surface area contributed by atoms with Crippen LogP contribution < -0.4 is 5.32 Å². The largest absolute Gasteiger partial charge is 0.479 e. The second-order valence-electron chi connectivity index (χ2n) is 5.02. The smallest absolute Gasteiger partial charge is 0.337 e. The SMILES string of the molecule is Cc1ccccc1CN(C)C(=O)NCC(C)(O)C(=O)O. The summed E-state index contributed by atoms with van der Waals surface area (Å²) in [5, 5.41) is 20.7. The van der Waals surface area contributed by atoms with Gasteiger partial charge in [-0.2, -0.15) is 0 Å². The van der Waals surface area contributed by atoms with Crippen molar-refractivity contribution in [1.29, 1.82) is 0 Å². The number of carbonyl (C=O) groups excluding carboxylic acids is 1. The quantitative estimate of drug-likeness (QED) is 0.749. The number of hydrogen-bond acceptors (Lipinski definition) is 3. The summed E-state index contributed by atoms with van der Waals surface area (Å²) in [6.07, 6.45) is 0. The average molecular weight is 280 g/mol. The Balaban J connectivity index is 2.56. The molecule has 6 heteroatoms. The molecule has 2 amide bonds. The summed E-state index contributed by atoms with van der Waals surface area (Å²) >= 11 is 0. The zero-order chi connectivity index (χ0) is 15.3. The van der Waals surface area contributed by atoms with Crippen molar-refractivity contribution in [3.63, 3.8) is 0 Å². The summed E-state index contributed by atoms with van der Waals surface area (Å²) in [6.45, 7) is 3.15. The molecule has 0 radical (unpaired) electrons. The fraction of sp³-hybridized carbons (Fsp3) is 0.429. The highest BCUT2D eigenvalue weighted by molar-refractivity contribution is 5.79. The maximum Gasteiger partial charge on any atom is 0.337 e. The Labute approximate surface area is 118 Å². The maximum absolute atomic E-state index is 11.8. The third kappa shape index (κ3) is 4.24. The number of carboxylic acid groups (broad SMARTS) is 1. The molecule has 0 fully saturated rings. The van der Waals surface area contributed by atoms with Gasteiger partial charge in [0.2, 0.25) is 0 Å². The van der Waals surface area contributed by atoms with Gasteiger partial charge in [-0.15, -0.1) is 0 Å². The summed E-state index contributed by atoms with van der Waals surface area (Å²) in [7, 11) is 1.61. The number of nitrogens with zero attached hydrogens (tertiary/aromatic N) is 1. The number of carbonyl (C=O) groups is 2. The number of aliphatic carboxylic acids is 1. The molecule has 20 heavy (non-hydrogen) atoms. The minimum absolute atomic E-state index is 0.348. The van der Waals surface area contributed by atoms with Gasteiger partial charge in [0.25, 0.3) is 0 Å². The molecular weight excluding hydrogens is 260 g/mol. The molecular formula is C14H20N2O4. The van der Waals surface area contributed by atoms with Crippen molar-refractivity contribution in [3.05, 3.63) is 35.4 Å². The van der Waals surface area contributed by atoms with Crippen LogP contribution in [0, 0.1) is 6.92 Å². The van der Waals surface area contributed by atoms with E-state index in [9.17, 15) is 14.7 Å². The highest BCUT2D eigenvalue weighted by atomic mass is 16.4. The van der Waals surface area contributed by atoms with E-state index in [2.05, 4.69) is 5.32 Å². The predicted molar refractivity (Wildman–Crippen MR) is 74.3 cm³/mol. The summed E-state index contributed by atoms with van der Waals surface area (Å²) < 4.78 is 0. The maximum atomic E-state index is 11.8. The first-order chi connectivity index (χ1) is 9.24. The van der Waals surface area contributed by atoms with E-state index in [0.717, 1.165) is 18.1 Å². The molecule has 0 aliphatic heterocycles. The number of nitrogens with one attached hydrogen (secondary N) is 1. The molecule has 0 bridgehead atoms. The highest BCUT2D eigenvalue weighted by Gasteiger charge is 2.30. The van der Waals surface area contributed by atoms with Crippen molar-refractivity contribution in [2.45, 2.75) is 26.0 Å². The standard InChI is InChI=1S/C14H20N2O4/c1-10-6-4-5-7-11(10)8-16(3)13(19)15-9-14(2,20)12(17)18/h4-7,20H,8-9H2,1-3H3,(H,15,19)(H,17,18). The lowest BCUT2D eigenvalue weighted by molar-refractivity contribution is -0.155. The number of carboxylic acids is 1. The van der Waals surface area contributed by atoms with E-state index in [1.165, 1.54) is 4.90 Å². The Morgan fingerprint density at radius 1 is 1.35 bits per heavy atom. The topological polar surface area (TPSA) is 89.9 Å². The third-order valence-corrected chi connectivity index (χ3v) is 3.06. The lowest BCUT2D eigenvalue weighted by Crippen LogP contribution is -2.49. The van der Waals surface area contributed by atoms with Gasteiger partial charge in [0.15, 0.2) is 5.60 Å². The monoisotopic (exact) mass is 280 g/mol. The van der Waals surface area contributed by atoms with E-state index in [-0.39, 0.29) is 6.54 Å². The second kappa shape index (κ2) is 6.38. The average Bonchev–Trinajstić information content (AvgIpc) is 2.38. The van der Waals surface area contributed by atoms with Crippen LogP contribution in [0.15, 0.2) is 24.3 Å². The molecule has 0 aliphatic carbocycles. The number of aryl methyl sites for hydroxylation is 1. The molecule has 1 aromatic rings. The minimum Gasteiger partial charge on any atom is -0.479 e. The molecule has 6 nitrogen and oxygen atoms in total. The molecule has 1 rings (SSSR count). The van der Waals surface area contributed by atoms with Crippen LogP contribution in [0.5, 0.6) is 0 Å². The number of urea groups is 1. The van der Waals surface area contributed by atoms with Crippen LogP contribution >= 0.6 is 0 Å². The van der Waals surface area contributed by atoms with Gasteiger partial charge in [0, 0.05) is 13.6 Å². The molecule has 0 heterocycles. The van der Waals surface area contributed by atoms with Gasteiger partial charge in [-0.25, -0.2) is 9.59 Å². The van der Waals surface area contributed by atoms with Crippen molar-refractivity contribution >= 4 is 12.0 Å². The Hall–Kier alpha value is -2.08. The summed E-state index contributed by atoms with van der Waals surface area (Å²) in [6, 6.07) is 7.25. The molecule has 1 atom stereocenters. The Morgan fingerprint density at radius 2 is 1.95 bits per heavy atom. The van der Waals surface area contributed by atoms with Crippen LogP contribution in [-0.4, -0.2) is 46.3 Å². The van der Waals surface area contributed by atoms with E-state index < -0.39 is 17.6 Å². The lowest BCUT2D eigenvalue weighted by Gasteiger charge is -2.23. The lowest BCUT2D eigenvalue weighted by atomic mass is 10.1. The minimum atomic E-state index is -1.97. The van der Waals surface area contributed by atoms with Crippen LogP contribution in [0.2, 0.25) is 0 Å². The van der Waals surface area contributed by atoms with Crippen molar-refractivity contribution in [2.75, 3.05) is 13.6 Å². The first-order valence-electron chi connectivity index (χ1n) is 6.23.